The molecule has 0 unspecified atom stereocenters. The molecule has 0 aliphatic carbocycles. The molecule has 0 aromatic heterocycles. The fourth-order valence-electron chi connectivity index (χ4n) is 3.33. The van der Waals surface area contributed by atoms with Gasteiger partial charge in [-0.05, 0) is 42.3 Å². The predicted molar refractivity (Wildman–Crippen MR) is 120 cm³/mol. The van der Waals surface area contributed by atoms with Gasteiger partial charge < -0.3 is 14.8 Å². The first kappa shape index (κ1) is 21.9. The molecule has 0 radical (unpaired) electrons. The third-order valence-corrected chi connectivity index (χ3v) is 6.91. The second-order valence-electron chi connectivity index (χ2n) is 7.54. The first-order valence-corrected chi connectivity index (χ1v) is 11.6. The molecule has 32 heavy (non-hydrogen) atoms. The van der Waals surface area contributed by atoms with Crippen LogP contribution in [0, 0.1) is 6.92 Å². The number of amides is 1. The highest BCUT2D eigenvalue weighted by molar-refractivity contribution is 7.89. The van der Waals surface area contributed by atoms with Gasteiger partial charge in [-0.3, -0.25) is 4.79 Å². The molecule has 1 aliphatic rings. The Morgan fingerprint density at radius 2 is 1.62 bits per heavy atom. The van der Waals surface area contributed by atoms with Crippen LogP contribution in [0.25, 0.3) is 0 Å². The molecule has 3 aromatic rings. The van der Waals surface area contributed by atoms with Crippen LogP contribution in [0.4, 0.5) is 0 Å². The molecule has 0 spiro atoms. The monoisotopic (exact) mass is 452 g/mol. The van der Waals surface area contributed by atoms with E-state index in [1.165, 1.54) is 16.4 Å². The molecule has 8 heteroatoms. The minimum atomic E-state index is -3.86. The van der Waals surface area contributed by atoms with Crippen LogP contribution in [-0.2, 0) is 27.9 Å². The Kier molecular flexibility index (Phi) is 6.43. The zero-order valence-corrected chi connectivity index (χ0v) is 18.5. The number of carbonyl (C=O) groups is 1. The average molecular weight is 453 g/mol. The van der Waals surface area contributed by atoms with Gasteiger partial charge in [-0.2, -0.15) is 4.31 Å². The van der Waals surface area contributed by atoms with Gasteiger partial charge in [-0.25, -0.2) is 8.42 Å². The molecule has 0 atom stereocenters. The second-order valence-corrected chi connectivity index (χ2v) is 9.47. The number of carbonyl (C=O) groups excluding carboxylic acids is 1. The van der Waals surface area contributed by atoms with Gasteiger partial charge in [0.25, 0.3) is 0 Å². The number of rotatable bonds is 8. The van der Waals surface area contributed by atoms with Crippen LogP contribution < -0.4 is 14.8 Å². The summed E-state index contributed by atoms with van der Waals surface area (Å²) in [5, 5.41) is 2.80. The number of hydrogen-bond donors (Lipinski definition) is 1. The van der Waals surface area contributed by atoms with E-state index in [9.17, 15) is 13.2 Å². The van der Waals surface area contributed by atoms with Gasteiger partial charge in [-0.15, -0.1) is 0 Å². The first-order chi connectivity index (χ1) is 15.4. The number of ether oxygens (including phenoxy) is 2. The minimum Gasteiger partial charge on any atom is -0.454 e. The largest absolute Gasteiger partial charge is 0.454 e. The van der Waals surface area contributed by atoms with Gasteiger partial charge in [0, 0.05) is 13.1 Å². The highest BCUT2D eigenvalue weighted by atomic mass is 32.2. The summed E-state index contributed by atoms with van der Waals surface area (Å²) in [7, 11) is -3.86. The first-order valence-electron chi connectivity index (χ1n) is 10.2. The summed E-state index contributed by atoms with van der Waals surface area (Å²) in [6.45, 7) is 2.19. The smallest absolute Gasteiger partial charge is 0.243 e. The Labute approximate surface area is 187 Å². The Balaban J connectivity index is 1.49. The van der Waals surface area contributed by atoms with E-state index in [0.29, 0.717) is 11.5 Å². The lowest BCUT2D eigenvalue weighted by molar-refractivity contribution is -0.121. The molecule has 166 valence electrons. The maximum absolute atomic E-state index is 13.3. The lowest BCUT2D eigenvalue weighted by Crippen LogP contribution is -2.40. The molecule has 0 saturated heterocycles. The predicted octanol–water partition coefficient (Wildman–Crippen LogP) is 3.23. The molecule has 1 N–H and O–H groups in total. The number of hydrogen-bond acceptors (Lipinski definition) is 5. The van der Waals surface area contributed by atoms with E-state index in [0.717, 1.165) is 16.7 Å². The van der Waals surface area contributed by atoms with Crippen molar-refractivity contribution in [3.63, 3.8) is 0 Å². The fraction of sp³-hybridized carbons (Fsp3) is 0.208. The molecule has 3 aromatic carbocycles. The van der Waals surface area contributed by atoms with Crippen molar-refractivity contribution in [1.82, 2.24) is 9.62 Å². The number of fused-ring (bicyclic) bond motifs is 1. The summed E-state index contributed by atoms with van der Waals surface area (Å²) in [6.07, 6.45) is 0. The highest BCUT2D eigenvalue weighted by Crippen LogP contribution is 2.32. The molecule has 7 nitrogen and oxygen atoms in total. The number of benzene rings is 3. The van der Waals surface area contributed by atoms with Crippen molar-refractivity contribution < 1.29 is 22.7 Å². The van der Waals surface area contributed by atoms with Gasteiger partial charge in [0.1, 0.15) is 0 Å². The average Bonchev–Trinajstić information content (AvgIpc) is 3.27. The molecule has 1 aliphatic heterocycles. The molecule has 0 saturated carbocycles. The SMILES string of the molecule is Cc1ccc(CN(CC(=O)NCc2ccc3c(c2)OCO3)S(=O)(=O)c2ccccc2)cc1. The van der Waals surface area contributed by atoms with E-state index in [2.05, 4.69) is 5.32 Å². The zero-order chi connectivity index (χ0) is 22.6. The van der Waals surface area contributed by atoms with Crippen molar-refractivity contribution in [1.29, 1.82) is 0 Å². The van der Waals surface area contributed by atoms with E-state index in [4.69, 9.17) is 9.47 Å². The fourth-order valence-corrected chi connectivity index (χ4v) is 4.74. The van der Waals surface area contributed by atoms with Crippen LogP contribution in [0.3, 0.4) is 0 Å². The van der Waals surface area contributed by atoms with Crippen molar-refractivity contribution in [2.24, 2.45) is 0 Å². The summed E-state index contributed by atoms with van der Waals surface area (Å²) < 4.78 is 38.4. The lowest BCUT2D eigenvalue weighted by atomic mass is 10.1. The van der Waals surface area contributed by atoms with Gasteiger partial charge in [0.2, 0.25) is 22.7 Å². The summed E-state index contributed by atoms with van der Waals surface area (Å²) in [6, 6.07) is 21.1. The van der Waals surface area contributed by atoms with Gasteiger partial charge in [-0.1, -0.05) is 54.1 Å². The van der Waals surface area contributed by atoms with Gasteiger partial charge in [0.05, 0.1) is 11.4 Å². The van der Waals surface area contributed by atoms with Crippen molar-refractivity contribution in [3.05, 3.63) is 89.5 Å². The normalized spacial score (nSPS) is 12.7. The maximum atomic E-state index is 13.3. The number of aryl methyl sites for hydroxylation is 1. The molecular formula is C24H24N2O5S. The molecule has 1 amide bonds. The van der Waals surface area contributed by atoms with Crippen LogP contribution in [0.5, 0.6) is 11.5 Å². The third kappa shape index (κ3) is 5.09. The van der Waals surface area contributed by atoms with Crippen molar-refractivity contribution in [2.45, 2.75) is 24.9 Å². The van der Waals surface area contributed by atoms with E-state index in [-0.39, 0.29) is 31.3 Å². The molecule has 1 heterocycles. The molecular weight excluding hydrogens is 428 g/mol. The van der Waals surface area contributed by atoms with Crippen LogP contribution >= 0.6 is 0 Å². The quantitative estimate of drug-likeness (QED) is 0.567. The zero-order valence-electron chi connectivity index (χ0n) is 17.7. The van der Waals surface area contributed by atoms with Gasteiger partial charge in [0.15, 0.2) is 11.5 Å². The number of nitrogens with one attached hydrogen (secondary N) is 1. The van der Waals surface area contributed by atoms with E-state index in [1.54, 1.807) is 30.3 Å². The molecule has 4 rings (SSSR count). The third-order valence-electron chi connectivity index (χ3n) is 5.11. The summed E-state index contributed by atoms with van der Waals surface area (Å²) in [5.41, 5.74) is 2.71. The Morgan fingerprint density at radius 3 is 2.38 bits per heavy atom. The Hall–Kier alpha value is -3.36. The van der Waals surface area contributed by atoms with Crippen LogP contribution in [0.15, 0.2) is 77.7 Å². The van der Waals surface area contributed by atoms with Crippen molar-refractivity contribution >= 4 is 15.9 Å². The number of sulfonamides is 1. The van der Waals surface area contributed by atoms with Crippen molar-refractivity contribution in [2.75, 3.05) is 13.3 Å². The maximum Gasteiger partial charge on any atom is 0.243 e. The molecule has 0 bridgehead atoms. The highest BCUT2D eigenvalue weighted by Gasteiger charge is 2.27. The van der Waals surface area contributed by atoms with E-state index in [1.807, 2.05) is 37.3 Å². The van der Waals surface area contributed by atoms with E-state index >= 15 is 0 Å². The standard InChI is InChI=1S/C24H24N2O5S/c1-18-7-9-19(10-8-18)15-26(32(28,29)21-5-3-2-4-6-21)16-24(27)25-14-20-11-12-22-23(13-20)31-17-30-22/h2-13H,14-17H2,1H3,(H,25,27). The van der Waals surface area contributed by atoms with Crippen LogP contribution in [0.1, 0.15) is 16.7 Å². The Bertz CT molecular complexity index is 1190. The van der Waals surface area contributed by atoms with Gasteiger partial charge >= 0.3 is 0 Å². The second kappa shape index (κ2) is 9.42. The van der Waals surface area contributed by atoms with Crippen LogP contribution in [0.2, 0.25) is 0 Å². The van der Waals surface area contributed by atoms with E-state index < -0.39 is 15.9 Å². The van der Waals surface area contributed by atoms with Crippen molar-refractivity contribution in [3.8, 4) is 11.5 Å². The lowest BCUT2D eigenvalue weighted by Gasteiger charge is -2.22. The number of nitrogens with zero attached hydrogens (tertiary/aromatic N) is 1. The summed E-state index contributed by atoms with van der Waals surface area (Å²) in [4.78, 5) is 12.9. The van der Waals surface area contributed by atoms with Crippen LogP contribution in [-0.4, -0.2) is 32.0 Å². The Morgan fingerprint density at radius 1 is 0.938 bits per heavy atom. The summed E-state index contributed by atoms with van der Waals surface area (Å²) >= 11 is 0. The topological polar surface area (TPSA) is 84.9 Å². The minimum absolute atomic E-state index is 0.0922. The molecule has 0 fully saturated rings. The summed E-state index contributed by atoms with van der Waals surface area (Å²) in [5.74, 6) is 0.900.